The largest absolute Gasteiger partial charge is 0.449 e. The van der Waals surface area contributed by atoms with E-state index in [-0.39, 0.29) is 17.3 Å². The number of amides is 1. The molecule has 0 aliphatic rings. The van der Waals surface area contributed by atoms with E-state index in [4.69, 9.17) is 4.74 Å². The Morgan fingerprint density at radius 1 is 1.00 bits per heavy atom. The van der Waals surface area contributed by atoms with Crippen LogP contribution in [0.2, 0.25) is 0 Å². The van der Waals surface area contributed by atoms with Gasteiger partial charge in [0.25, 0.3) is 15.9 Å². The van der Waals surface area contributed by atoms with Crippen LogP contribution in [-0.2, 0) is 19.6 Å². The van der Waals surface area contributed by atoms with E-state index in [1.165, 1.54) is 30.5 Å². The molecule has 0 saturated carbocycles. The zero-order valence-electron chi connectivity index (χ0n) is 20.0. The van der Waals surface area contributed by atoms with Crippen molar-refractivity contribution in [1.29, 1.82) is 0 Å². The molecule has 0 aliphatic heterocycles. The Bertz CT molecular complexity index is 1490. The van der Waals surface area contributed by atoms with Gasteiger partial charge in [0.15, 0.2) is 6.10 Å². The highest BCUT2D eigenvalue weighted by Gasteiger charge is 2.23. The number of carbonyl (C=O) groups excluding carboxylic acids is 2. The second-order valence-electron chi connectivity index (χ2n) is 7.96. The summed E-state index contributed by atoms with van der Waals surface area (Å²) in [6, 6.07) is 13.8. The molecule has 0 radical (unpaired) electrons. The maximum absolute atomic E-state index is 12.7. The number of nitrogens with one attached hydrogen (secondary N) is 3. The Balaban J connectivity index is 1.37. The van der Waals surface area contributed by atoms with Crippen LogP contribution < -0.4 is 10.0 Å². The van der Waals surface area contributed by atoms with Gasteiger partial charge in [-0.3, -0.25) is 4.79 Å². The number of rotatable bonds is 9. The Kier molecular flexibility index (Phi) is 7.58. The molecule has 1 amide bonds. The van der Waals surface area contributed by atoms with Crippen molar-refractivity contribution in [2.24, 2.45) is 0 Å². The van der Waals surface area contributed by atoms with Crippen LogP contribution in [0, 0.1) is 6.92 Å². The number of hydrogen-bond acceptors (Lipinski definition) is 8. The highest BCUT2D eigenvalue weighted by atomic mass is 32.2. The van der Waals surface area contributed by atoms with Gasteiger partial charge in [0.05, 0.1) is 10.5 Å². The molecule has 0 bridgehead atoms. The molecule has 0 fully saturated rings. The molecule has 12 heteroatoms. The highest BCUT2D eigenvalue weighted by molar-refractivity contribution is 7.92. The maximum atomic E-state index is 12.7. The number of benzene rings is 2. The summed E-state index contributed by atoms with van der Waals surface area (Å²) in [5.74, 6) is -0.548. The molecule has 2 aromatic heterocycles. The molecule has 2 aromatic carbocycles. The topological polar surface area (TPSA) is 156 Å². The Morgan fingerprint density at radius 3 is 2.35 bits per heavy atom. The summed E-state index contributed by atoms with van der Waals surface area (Å²) in [7, 11) is -3.92. The second-order valence-corrected chi connectivity index (χ2v) is 9.64. The number of carbonyl (C=O) groups is 2. The van der Waals surface area contributed by atoms with Crippen LogP contribution in [0.3, 0.4) is 0 Å². The van der Waals surface area contributed by atoms with Crippen molar-refractivity contribution >= 4 is 33.5 Å². The van der Waals surface area contributed by atoms with Crippen molar-refractivity contribution < 1.29 is 22.7 Å². The zero-order valence-corrected chi connectivity index (χ0v) is 20.8. The summed E-state index contributed by atoms with van der Waals surface area (Å²) in [5, 5.41) is 2.64. The Labute approximate surface area is 213 Å². The van der Waals surface area contributed by atoms with Crippen LogP contribution in [0.5, 0.6) is 0 Å². The fraction of sp³-hybridized carbons (Fsp3) is 0.160. The van der Waals surface area contributed by atoms with Gasteiger partial charge in [-0.05, 0) is 55.8 Å². The molecular formula is C25H24N6O5S. The number of hydrogen-bond donors (Lipinski definition) is 3. The number of nitrogens with zero attached hydrogens (tertiary/aromatic N) is 3. The molecular weight excluding hydrogens is 496 g/mol. The van der Waals surface area contributed by atoms with Crippen molar-refractivity contribution in [3.8, 4) is 11.4 Å². The molecule has 1 unspecified atom stereocenters. The molecule has 0 aliphatic carbocycles. The number of esters is 1. The Hall–Kier alpha value is -4.58. The van der Waals surface area contributed by atoms with Crippen LogP contribution in [0.25, 0.3) is 11.4 Å². The van der Waals surface area contributed by atoms with E-state index in [1.54, 1.807) is 56.6 Å². The predicted molar refractivity (Wildman–Crippen MR) is 136 cm³/mol. The van der Waals surface area contributed by atoms with Crippen molar-refractivity contribution in [3.05, 3.63) is 84.4 Å². The van der Waals surface area contributed by atoms with Crippen molar-refractivity contribution in [2.75, 3.05) is 10.0 Å². The number of ether oxygens (including phenoxy) is 1. The fourth-order valence-corrected chi connectivity index (χ4v) is 4.28. The molecule has 190 valence electrons. The molecule has 37 heavy (non-hydrogen) atoms. The molecule has 3 N–H and O–H groups in total. The lowest BCUT2D eigenvalue weighted by molar-refractivity contribution is -0.124. The number of anilines is 2. The first-order chi connectivity index (χ1) is 17.7. The highest BCUT2D eigenvalue weighted by Crippen LogP contribution is 2.19. The molecule has 2 heterocycles. The first-order valence-electron chi connectivity index (χ1n) is 11.3. The van der Waals surface area contributed by atoms with E-state index in [1.807, 2.05) is 0 Å². The summed E-state index contributed by atoms with van der Waals surface area (Å²) < 4.78 is 32.9. The third kappa shape index (κ3) is 6.35. The van der Waals surface area contributed by atoms with Gasteiger partial charge in [0.1, 0.15) is 5.82 Å². The lowest BCUT2D eigenvalue weighted by Crippen LogP contribution is -2.32. The lowest BCUT2D eigenvalue weighted by atomic mass is 10.1. The van der Waals surface area contributed by atoms with E-state index < -0.39 is 28.0 Å². The van der Waals surface area contributed by atoms with Crippen LogP contribution in [0.1, 0.15) is 29.4 Å². The van der Waals surface area contributed by atoms with Gasteiger partial charge in [-0.15, -0.1) is 0 Å². The zero-order chi connectivity index (χ0) is 26.4. The molecule has 4 rings (SSSR count). The minimum Gasteiger partial charge on any atom is -0.449 e. The average molecular weight is 521 g/mol. The summed E-state index contributed by atoms with van der Waals surface area (Å²) in [6.45, 7) is 3.43. The first-order valence-corrected chi connectivity index (χ1v) is 12.8. The number of H-pyrrole nitrogens is 1. The summed E-state index contributed by atoms with van der Waals surface area (Å²) >= 11 is 0. The van der Waals surface area contributed by atoms with Gasteiger partial charge < -0.3 is 15.0 Å². The van der Waals surface area contributed by atoms with E-state index >= 15 is 0 Å². The third-order valence-corrected chi connectivity index (χ3v) is 6.60. The van der Waals surface area contributed by atoms with Gasteiger partial charge in [0, 0.05) is 35.5 Å². The van der Waals surface area contributed by atoms with Gasteiger partial charge in [0.2, 0.25) is 5.95 Å². The molecule has 0 spiro atoms. The fourth-order valence-electron chi connectivity index (χ4n) is 3.32. The maximum Gasteiger partial charge on any atom is 0.338 e. The summed E-state index contributed by atoms with van der Waals surface area (Å²) in [6.07, 6.45) is 3.99. The van der Waals surface area contributed by atoms with Crippen LogP contribution in [0.15, 0.2) is 78.1 Å². The van der Waals surface area contributed by atoms with E-state index in [0.29, 0.717) is 22.8 Å². The van der Waals surface area contributed by atoms with Crippen LogP contribution >= 0.6 is 0 Å². The molecule has 4 aromatic rings. The van der Waals surface area contributed by atoms with E-state index in [2.05, 4.69) is 30.0 Å². The Morgan fingerprint density at radius 2 is 1.73 bits per heavy atom. The number of aromatic amines is 1. The third-order valence-electron chi connectivity index (χ3n) is 5.26. The summed E-state index contributed by atoms with van der Waals surface area (Å²) in [4.78, 5) is 40.3. The normalized spacial score (nSPS) is 11.9. The number of imidazole rings is 1. The lowest BCUT2D eigenvalue weighted by Gasteiger charge is -2.16. The van der Waals surface area contributed by atoms with Crippen molar-refractivity contribution in [3.63, 3.8) is 0 Å². The molecule has 1 atom stereocenters. The van der Waals surface area contributed by atoms with Crippen LogP contribution in [0.4, 0.5) is 11.6 Å². The number of aryl methyl sites for hydroxylation is 1. The van der Waals surface area contributed by atoms with Gasteiger partial charge in [-0.1, -0.05) is 19.1 Å². The smallest absolute Gasteiger partial charge is 0.338 e. The molecule has 11 nitrogen and oxygen atoms in total. The van der Waals surface area contributed by atoms with E-state index in [9.17, 15) is 18.0 Å². The van der Waals surface area contributed by atoms with E-state index in [0.717, 1.165) is 5.56 Å². The van der Waals surface area contributed by atoms with Gasteiger partial charge in [-0.2, -0.15) is 0 Å². The first kappa shape index (κ1) is 25.5. The second kappa shape index (κ2) is 11.0. The van der Waals surface area contributed by atoms with Gasteiger partial charge >= 0.3 is 5.97 Å². The quantitative estimate of drug-likeness (QED) is 0.283. The summed E-state index contributed by atoms with van der Waals surface area (Å²) in [5.41, 5.74) is 2.05. The number of aromatic nitrogens is 4. The number of sulfonamides is 1. The average Bonchev–Trinajstić information content (AvgIpc) is 3.42. The predicted octanol–water partition coefficient (Wildman–Crippen LogP) is 3.55. The van der Waals surface area contributed by atoms with Gasteiger partial charge in [-0.25, -0.2) is 32.9 Å². The SMILES string of the molecule is CCC(OC(=O)c1ccc(-c2ncc[nH]2)cc1)C(=O)Nc1ccc(S(=O)(=O)Nc2nccc(C)n2)cc1. The monoisotopic (exact) mass is 520 g/mol. The minimum absolute atomic E-state index is 0.0351. The molecule has 0 saturated heterocycles. The minimum atomic E-state index is -3.92. The van der Waals surface area contributed by atoms with Crippen LogP contribution in [-0.4, -0.2) is 46.3 Å². The van der Waals surface area contributed by atoms with Crippen molar-refractivity contribution in [1.82, 2.24) is 19.9 Å². The standard InChI is InChI=1S/C25H24N6O5S/c1-3-21(36-24(33)18-6-4-17(5-7-18)22-26-14-15-27-22)23(32)30-19-8-10-20(11-9-19)37(34,35)31-25-28-13-12-16(2)29-25/h4-15,21H,3H2,1-2H3,(H,26,27)(H,30,32)(H,28,29,31). The van der Waals surface area contributed by atoms with Crippen molar-refractivity contribution in [2.45, 2.75) is 31.3 Å².